The van der Waals surface area contributed by atoms with Gasteiger partial charge in [0.25, 0.3) is 0 Å². The molecule has 0 unspecified atom stereocenters. The Morgan fingerprint density at radius 1 is 0.267 bits per heavy atom. The smallest absolute Gasteiger partial charge is 0.0318 e. The van der Waals surface area contributed by atoms with Crippen LogP contribution in [-0.2, 0) is 0 Å². The lowest BCUT2D eigenvalue weighted by molar-refractivity contribution is 0.570. The van der Waals surface area contributed by atoms with E-state index >= 15 is 0 Å². The molecule has 30 heavy (non-hydrogen) atoms. The maximum atomic E-state index is 2.34. The molecular formula is C30H60. The Morgan fingerprint density at radius 3 is 0.733 bits per heavy atom. The van der Waals surface area contributed by atoms with Crippen molar-refractivity contribution in [2.24, 2.45) is 0 Å². The molecule has 0 bridgehead atoms. The molecule has 0 aromatic carbocycles. The lowest BCUT2D eigenvalue weighted by atomic mass is 9.89. The number of hydrogen-bond acceptors (Lipinski definition) is 0. The molecule has 180 valence electrons. The molecule has 0 amide bonds. The molecule has 0 aromatic heterocycles. The molecule has 0 heteroatoms. The van der Waals surface area contributed by atoms with E-state index in [-0.39, 0.29) is 0 Å². The Bertz CT molecular complexity index is 317. The summed E-state index contributed by atoms with van der Waals surface area (Å²) in [5, 5.41) is 0. The average Bonchev–Trinajstić information content (AvgIpc) is 2.76. The molecule has 0 nitrogen and oxygen atoms in total. The Labute approximate surface area is 193 Å². The molecule has 0 aliphatic rings. The van der Waals surface area contributed by atoms with Crippen molar-refractivity contribution >= 4 is 0 Å². The summed E-state index contributed by atoms with van der Waals surface area (Å²) in [6, 6.07) is 0. The fraction of sp³-hybridized carbons (Fsp3) is 0.933. The predicted octanol–water partition coefficient (Wildman–Crippen LogP) is 11.7. The maximum Gasteiger partial charge on any atom is -0.0318 e. The van der Waals surface area contributed by atoms with Crippen LogP contribution in [0.25, 0.3) is 0 Å². The van der Waals surface area contributed by atoms with Crippen LogP contribution in [0.1, 0.15) is 182 Å². The molecule has 0 fully saturated rings. The van der Waals surface area contributed by atoms with Crippen LogP contribution in [0, 0.1) is 0 Å². The van der Waals surface area contributed by atoms with Crippen molar-refractivity contribution in [1.29, 1.82) is 0 Å². The Morgan fingerprint density at radius 2 is 0.467 bits per heavy atom. The van der Waals surface area contributed by atoms with Crippen LogP contribution in [0.4, 0.5) is 0 Å². The number of rotatable bonds is 24. The van der Waals surface area contributed by atoms with E-state index in [1.54, 1.807) is 0 Å². The minimum Gasteiger partial charge on any atom is -0.0710 e. The van der Waals surface area contributed by atoms with Crippen LogP contribution in [0.3, 0.4) is 0 Å². The van der Waals surface area contributed by atoms with Gasteiger partial charge in [-0.1, -0.05) is 142 Å². The second-order valence-corrected chi connectivity index (χ2v) is 9.86. The summed E-state index contributed by atoms with van der Waals surface area (Å²) in [7, 11) is 0. The summed E-state index contributed by atoms with van der Waals surface area (Å²) in [6.07, 6.45) is 34.2. The third-order valence-corrected chi connectivity index (χ3v) is 6.83. The lowest BCUT2D eigenvalue weighted by Gasteiger charge is -2.17. The van der Waals surface area contributed by atoms with E-state index in [0.29, 0.717) is 0 Å². The van der Waals surface area contributed by atoms with Crippen molar-refractivity contribution < 1.29 is 0 Å². The number of allylic oxidation sites excluding steroid dienone is 2. The van der Waals surface area contributed by atoms with Gasteiger partial charge in [0, 0.05) is 0 Å². The van der Waals surface area contributed by atoms with Crippen molar-refractivity contribution in [1.82, 2.24) is 0 Å². The third kappa shape index (κ3) is 19.7. The second kappa shape index (κ2) is 25.0. The highest BCUT2D eigenvalue weighted by atomic mass is 14.1. The average molecular weight is 421 g/mol. The second-order valence-electron chi connectivity index (χ2n) is 9.86. The number of hydrogen-bond donors (Lipinski definition) is 0. The fourth-order valence-electron chi connectivity index (χ4n) is 4.72. The maximum absolute atomic E-state index is 2.34. The first-order valence-electron chi connectivity index (χ1n) is 14.5. The lowest BCUT2D eigenvalue weighted by Crippen LogP contribution is -1.97. The predicted molar refractivity (Wildman–Crippen MR) is 141 cm³/mol. The summed E-state index contributed by atoms with van der Waals surface area (Å²) >= 11 is 0. The molecule has 0 N–H and O–H groups in total. The first-order chi connectivity index (χ1) is 14.8. The van der Waals surface area contributed by atoms with Gasteiger partial charge in [-0.05, 0) is 51.4 Å². The van der Waals surface area contributed by atoms with Crippen molar-refractivity contribution in [2.45, 2.75) is 182 Å². The van der Waals surface area contributed by atoms with E-state index in [2.05, 4.69) is 27.7 Å². The fourth-order valence-corrected chi connectivity index (χ4v) is 4.72. The molecule has 0 radical (unpaired) electrons. The van der Waals surface area contributed by atoms with Crippen molar-refractivity contribution in [3.8, 4) is 0 Å². The van der Waals surface area contributed by atoms with Crippen LogP contribution in [-0.4, -0.2) is 0 Å². The largest absolute Gasteiger partial charge is 0.0710 e. The van der Waals surface area contributed by atoms with Gasteiger partial charge in [-0.25, -0.2) is 0 Å². The molecule has 0 aliphatic carbocycles. The SMILES string of the molecule is CCCCCCCCC(CCCCCC)=C(CCCCCC)CCCCCCCC. The van der Waals surface area contributed by atoms with Crippen molar-refractivity contribution in [2.75, 3.05) is 0 Å². The molecule has 0 saturated carbocycles. The molecule has 0 spiro atoms. The molecular weight excluding hydrogens is 360 g/mol. The van der Waals surface area contributed by atoms with Crippen LogP contribution in [0.15, 0.2) is 11.1 Å². The summed E-state index contributed by atoms with van der Waals surface area (Å²) in [5.41, 5.74) is 3.82. The van der Waals surface area contributed by atoms with Gasteiger partial charge >= 0.3 is 0 Å². The molecule has 0 aromatic rings. The Hall–Kier alpha value is -0.260. The van der Waals surface area contributed by atoms with Crippen LogP contribution < -0.4 is 0 Å². The summed E-state index contributed by atoms with van der Waals surface area (Å²) in [6.45, 7) is 9.32. The highest BCUT2D eigenvalue weighted by Crippen LogP contribution is 2.28. The van der Waals surface area contributed by atoms with Crippen LogP contribution in [0.2, 0.25) is 0 Å². The molecule has 0 heterocycles. The summed E-state index contributed by atoms with van der Waals surface area (Å²) in [5.74, 6) is 0. The van der Waals surface area contributed by atoms with E-state index in [9.17, 15) is 0 Å². The van der Waals surface area contributed by atoms with Crippen molar-refractivity contribution in [3.63, 3.8) is 0 Å². The molecule has 0 aliphatic heterocycles. The van der Waals surface area contributed by atoms with Gasteiger partial charge in [0.15, 0.2) is 0 Å². The zero-order valence-electron chi connectivity index (χ0n) is 22.0. The van der Waals surface area contributed by atoms with Gasteiger partial charge in [0.2, 0.25) is 0 Å². The van der Waals surface area contributed by atoms with Gasteiger partial charge in [0.05, 0.1) is 0 Å². The van der Waals surface area contributed by atoms with E-state index < -0.39 is 0 Å². The van der Waals surface area contributed by atoms with Crippen LogP contribution >= 0.6 is 0 Å². The van der Waals surface area contributed by atoms with E-state index in [1.165, 1.54) is 154 Å². The standard InChI is InChI=1S/C30H60/c1-5-9-13-17-19-23-27-29(25-21-15-11-7-3)30(26-22-16-12-8-4)28-24-20-18-14-10-6-2/h5-28H2,1-4H3. The van der Waals surface area contributed by atoms with Gasteiger partial charge in [-0.3, -0.25) is 0 Å². The van der Waals surface area contributed by atoms with Gasteiger partial charge < -0.3 is 0 Å². The first-order valence-corrected chi connectivity index (χ1v) is 14.5. The summed E-state index contributed by atoms with van der Waals surface area (Å²) < 4.78 is 0. The topological polar surface area (TPSA) is 0 Å². The van der Waals surface area contributed by atoms with E-state index in [0.717, 1.165) is 0 Å². The molecule has 0 atom stereocenters. The highest BCUT2D eigenvalue weighted by molar-refractivity contribution is 5.15. The van der Waals surface area contributed by atoms with Gasteiger partial charge in [-0.15, -0.1) is 0 Å². The van der Waals surface area contributed by atoms with Crippen molar-refractivity contribution in [3.05, 3.63) is 11.1 Å². The first kappa shape index (κ1) is 29.7. The van der Waals surface area contributed by atoms with E-state index in [4.69, 9.17) is 0 Å². The molecule has 0 saturated heterocycles. The quantitative estimate of drug-likeness (QED) is 0.107. The third-order valence-electron chi connectivity index (χ3n) is 6.83. The molecule has 0 rings (SSSR count). The Kier molecular flexibility index (Phi) is 24.8. The number of unbranched alkanes of at least 4 members (excludes halogenated alkanes) is 16. The monoisotopic (exact) mass is 420 g/mol. The highest BCUT2D eigenvalue weighted by Gasteiger charge is 2.08. The zero-order valence-corrected chi connectivity index (χ0v) is 22.0. The zero-order chi connectivity index (χ0) is 22.1. The normalized spacial score (nSPS) is 12.4. The van der Waals surface area contributed by atoms with Gasteiger partial charge in [-0.2, -0.15) is 0 Å². The minimum atomic E-state index is 1.36. The Balaban J connectivity index is 4.75. The minimum absolute atomic E-state index is 1.36. The van der Waals surface area contributed by atoms with Crippen LogP contribution in [0.5, 0.6) is 0 Å². The van der Waals surface area contributed by atoms with Gasteiger partial charge in [0.1, 0.15) is 0 Å². The summed E-state index contributed by atoms with van der Waals surface area (Å²) in [4.78, 5) is 0. The van der Waals surface area contributed by atoms with E-state index in [1.807, 2.05) is 11.1 Å².